The zero-order valence-corrected chi connectivity index (χ0v) is 16.3. The Hall–Kier alpha value is -2.77. The van der Waals surface area contributed by atoms with Crippen LogP contribution < -0.4 is 15.5 Å². The number of alkyl halides is 3. The lowest BCUT2D eigenvalue weighted by Crippen LogP contribution is -2.46. The largest absolute Gasteiger partial charge is 0.417 e. The molecule has 0 aliphatic carbocycles. The van der Waals surface area contributed by atoms with Crippen molar-refractivity contribution in [3.05, 3.63) is 53.7 Å². The van der Waals surface area contributed by atoms with Crippen molar-refractivity contribution in [2.75, 3.05) is 23.3 Å². The van der Waals surface area contributed by atoms with E-state index >= 15 is 0 Å². The molecule has 1 aliphatic rings. The molecule has 0 saturated carbocycles. The average Bonchev–Trinajstić information content (AvgIpc) is 2.70. The zero-order valence-electron chi connectivity index (χ0n) is 16.3. The van der Waals surface area contributed by atoms with Crippen LogP contribution in [0.2, 0.25) is 0 Å². The van der Waals surface area contributed by atoms with Gasteiger partial charge in [0.05, 0.1) is 5.56 Å². The van der Waals surface area contributed by atoms with Crippen LogP contribution in [0, 0.1) is 0 Å². The van der Waals surface area contributed by atoms with Gasteiger partial charge in [-0.1, -0.05) is 25.5 Å². The fraction of sp³-hybridized carbons (Fsp3) is 0.429. The Morgan fingerprint density at radius 2 is 1.83 bits per heavy atom. The fourth-order valence-corrected chi connectivity index (χ4v) is 3.39. The molecule has 8 heteroatoms. The van der Waals surface area contributed by atoms with Crippen molar-refractivity contribution in [1.29, 1.82) is 0 Å². The summed E-state index contributed by atoms with van der Waals surface area (Å²) in [6.07, 6.45) is -0.0328. The minimum atomic E-state index is -4.38. The van der Waals surface area contributed by atoms with E-state index in [-0.39, 0.29) is 12.1 Å². The summed E-state index contributed by atoms with van der Waals surface area (Å²) >= 11 is 0. The molecule has 2 heterocycles. The van der Waals surface area contributed by atoms with E-state index in [0.29, 0.717) is 31.7 Å². The number of rotatable bonds is 5. The van der Waals surface area contributed by atoms with E-state index < -0.39 is 11.7 Å². The number of amides is 2. The second-order valence-electron chi connectivity index (χ2n) is 7.21. The monoisotopic (exact) mass is 406 g/mol. The van der Waals surface area contributed by atoms with Crippen molar-refractivity contribution in [1.82, 2.24) is 10.3 Å². The standard InChI is InChI=1S/C21H25F3N4O/c1-2-3-15-4-7-17(8-5-15)26-20(29)27-18-10-12-28(13-11-18)19-9-6-16(14-25-19)21(22,23)24/h4-9,14,18H,2-3,10-13H2,1H3,(H2,26,27,29). The van der Waals surface area contributed by atoms with Crippen molar-refractivity contribution in [2.24, 2.45) is 0 Å². The molecule has 0 unspecified atom stereocenters. The van der Waals surface area contributed by atoms with Gasteiger partial charge < -0.3 is 15.5 Å². The molecule has 1 aliphatic heterocycles. The SMILES string of the molecule is CCCc1ccc(NC(=O)NC2CCN(c3ccc(C(F)(F)F)cn3)CC2)cc1. The number of benzene rings is 1. The van der Waals surface area contributed by atoms with Crippen molar-refractivity contribution in [2.45, 2.75) is 44.8 Å². The molecule has 0 atom stereocenters. The van der Waals surface area contributed by atoms with E-state index in [1.165, 1.54) is 11.6 Å². The number of urea groups is 1. The van der Waals surface area contributed by atoms with Gasteiger partial charge >= 0.3 is 12.2 Å². The number of nitrogens with one attached hydrogen (secondary N) is 2. The molecule has 5 nitrogen and oxygen atoms in total. The number of aromatic nitrogens is 1. The number of anilines is 2. The molecule has 2 amide bonds. The van der Waals surface area contributed by atoms with Crippen LogP contribution in [0.4, 0.5) is 29.5 Å². The van der Waals surface area contributed by atoms with Gasteiger partial charge in [0.15, 0.2) is 0 Å². The summed E-state index contributed by atoms with van der Waals surface area (Å²) in [5, 5.41) is 5.80. The highest BCUT2D eigenvalue weighted by Crippen LogP contribution is 2.29. The molecule has 2 N–H and O–H groups in total. The van der Waals surface area contributed by atoms with Gasteiger partial charge in [0.2, 0.25) is 0 Å². The van der Waals surface area contributed by atoms with Crippen LogP contribution in [-0.2, 0) is 12.6 Å². The fourth-order valence-electron chi connectivity index (χ4n) is 3.39. The topological polar surface area (TPSA) is 57.3 Å². The Labute approximate surface area is 168 Å². The minimum absolute atomic E-state index is 0.0139. The maximum atomic E-state index is 12.6. The number of pyridine rings is 1. The third-order valence-corrected chi connectivity index (χ3v) is 4.98. The van der Waals surface area contributed by atoms with Gasteiger partial charge in [-0.15, -0.1) is 0 Å². The summed E-state index contributed by atoms with van der Waals surface area (Å²) in [4.78, 5) is 18.1. The number of nitrogens with zero attached hydrogens (tertiary/aromatic N) is 2. The number of hydrogen-bond acceptors (Lipinski definition) is 3. The zero-order chi connectivity index (χ0) is 20.9. The van der Waals surface area contributed by atoms with Gasteiger partial charge in [0.1, 0.15) is 5.82 Å². The number of carbonyl (C=O) groups is 1. The van der Waals surface area contributed by atoms with Crippen LogP contribution in [-0.4, -0.2) is 30.1 Å². The van der Waals surface area contributed by atoms with E-state index in [4.69, 9.17) is 0 Å². The molecular weight excluding hydrogens is 381 g/mol. The summed E-state index contributed by atoms with van der Waals surface area (Å²) in [5.41, 5.74) is 1.23. The lowest BCUT2D eigenvalue weighted by molar-refractivity contribution is -0.137. The molecule has 0 radical (unpaired) electrons. The molecule has 1 fully saturated rings. The van der Waals surface area contributed by atoms with E-state index in [1.807, 2.05) is 29.2 Å². The molecule has 1 aromatic carbocycles. The number of carbonyl (C=O) groups excluding carboxylic acids is 1. The van der Waals surface area contributed by atoms with Crippen molar-refractivity contribution in [3.63, 3.8) is 0 Å². The van der Waals surface area contributed by atoms with Gasteiger partial charge in [0.25, 0.3) is 0 Å². The third kappa shape index (κ3) is 5.85. The van der Waals surface area contributed by atoms with Crippen LogP contribution >= 0.6 is 0 Å². The smallest absolute Gasteiger partial charge is 0.356 e. The highest BCUT2D eigenvalue weighted by Gasteiger charge is 2.31. The predicted molar refractivity (Wildman–Crippen MR) is 107 cm³/mol. The molecule has 1 aromatic heterocycles. The van der Waals surface area contributed by atoms with Crippen LogP contribution in [0.15, 0.2) is 42.6 Å². The Kier molecular flexibility index (Phi) is 6.61. The van der Waals surface area contributed by atoms with Crippen molar-refractivity contribution < 1.29 is 18.0 Å². The molecular formula is C21H25F3N4O. The van der Waals surface area contributed by atoms with Crippen LogP contribution in [0.3, 0.4) is 0 Å². The molecule has 0 spiro atoms. The maximum absolute atomic E-state index is 12.6. The van der Waals surface area contributed by atoms with Crippen LogP contribution in [0.5, 0.6) is 0 Å². The third-order valence-electron chi connectivity index (χ3n) is 4.98. The average molecular weight is 406 g/mol. The molecule has 1 saturated heterocycles. The highest BCUT2D eigenvalue weighted by atomic mass is 19.4. The van der Waals surface area contributed by atoms with Crippen LogP contribution in [0.1, 0.15) is 37.3 Å². The Bertz CT molecular complexity index is 798. The number of hydrogen-bond donors (Lipinski definition) is 2. The van der Waals surface area contributed by atoms with Crippen LogP contribution in [0.25, 0.3) is 0 Å². The lowest BCUT2D eigenvalue weighted by atomic mass is 10.1. The van der Waals surface area contributed by atoms with E-state index in [2.05, 4.69) is 22.5 Å². The Balaban J connectivity index is 1.46. The Morgan fingerprint density at radius 1 is 1.14 bits per heavy atom. The first-order valence-corrected chi connectivity index (χ1v) is 9.80. The highest BCUT2D eigenvalue weighted by molar-refractivity contribution is 5.89. The van der Waals surface area contributed by atoms with Gasteiger partial charge in [-0.05, 0) is 49.1 Å². The first-order chi connectivity index (χ1) is 13.8. The molecule has 156 valence electrons. The summed E-state index contributed by atoms with van der Waals surface area (Å²) in [6, 6.07) is 10.0. The lowest BCUT2D eigenvalue weighted by Gasteiger charge is -2.33. The normalized spacial score (nSPS) is 15.2. The first kappa shape index (κ1) is 21.0. The minimum Gasteiger partial charge on any atom is -0.356 e. The van der Waals surface area contributed by atoms with Gasteiger partial charge in [-0.25, -0.2) is 9.78 Å². The van der Waals surface area contributed by atoms with E-state index in [9.17, 15) is 18.0 Å². The second-order valence-corrected chi connectivity index (χ2v) is 7.21. The number of aryl methyl sites for hydroxylation is 1. The van der Waals surface area contributed by atoms with Gasteiger partial charge in [-0.2, -0.15) is 13.2 Å². The summed E-state index contributed by atoms with van der Waals surface area (Å²) in [6.45, 7) is 3.36. The predicted octanol–water partition coefficient (Wildman–Crippen LogP) is 4.84. The number of piperidine rings is 1. The molecule has 3 rings (SSSR count). The second kappa shape index (κ2) is 9.15. The maximum Gasteiger partial charge on any atom is 0.417 e. The number of halogens is 3. The van der Waals surface area contributed by atoms with Crippen molar-refractivity contribution in [3.8, 4) is 0 Å². The summed E-state index contributed by atoms with van der Waals surface area (Å²) < 4.78 is 37.9. The van der Waals surface area contributed by atoms with E-state index in [0.717, 1.165) is 30.8 Å². The molecule has 2 aromatic rings. The molecule has 29 heavy (non-hydrogen) atoms. The summed E-state index contributed by atoms with van der Waals surface area (Å²) in [5.74, 6) is 0.521. The van der Waals surface area contributed by atoms with Gasteiger partial charge in [-0.3, -0.25) is 0 Å². The quantitative estimate of drug-likeness (QED) is 0.747. The van der Waals surface area contributed by atoms with Gasteiger partial charge in [0, 0.05) is 31.0 Å². The molecule has 0 bridgehead atoms. The van der Waals surface area contributed by atoms with E-state index in [1.54, 1.807) is 0 Å². The first-order valence-electron chi connectivity index (χ1n) is 9.80. The van der Waals surface area contributed by atoms with Crippen molar-refractivity contribution >= 4 is 17.5 Å². The Morgan fingerprint density at radius 3 is 2.38 bits per heavy atom. The summed E-state index contributed by atoms with van der Waals surface area (Å²) in [7, 11) is 0.